The number of aliphatic hydroxyl groups excluding tert-OH is 1. The van der Waals surface area contributed by atoms with Crippen LogP contribution in [0.2, 0.25) is 0 Å². The monoisotopic (exact) mass is 171 g/mol. The van der Waals surface area contributed by atoms with Crippen molar-refractivity contribution in [2.24, 2.45) is 17.1 Å². The van der Waals surface area contributed by atoms with E-state index in [1.165, 1.54) is 0 Å². The predicted molar refractivity (Wildman–Crippen MR) is 50.8 cm³/mol. The van der Waals surface area contributed by atoms with Crippen LogP contribution in [0.4, 0.5) is 0 Å². The normalized spacial score (nSPS) is 38.2. The van der Waals surface area contributed by atoms with Crippen molar-refractivity contribution < 1.29 is 5.11 Å². The molecule has 0 radical (unpaired) electrons. The van der Waals surface area contributed by atoms with Gasteiger partial charge in [0, 0.05) is 6.04 Å². The third-order valence-electron chi connectivity index (χ3n) is 3.09. The third-order valence-corrected chi connectivity index (χ3v) is 3.09. The fourth-order valence-corrected chi connectivity index (χ4v) is 1.98. The van der Waals surface area contributed by atoms with E-state index in [2.05, 4.69) is 20.8 Å². The highest BCUT2D eigenvalue weighted by atomic mass is 16.3. The van der Waals surface area contributed by atoms with Crippen LogP contribution in [0.15, 0.2) is 0 Å². The fraction of sp³-hybridized carbons (Fsp3) is 1.00. The second-order valence-corrected chi connectivity index (χ2v) is 5.11. The molecule has 0 bridgehead atoms. The molecule has 12 heavy (non-hydrogen) atoms. The molecule has 0 aromatic carbocycles. The Hall–Kier alpha value is -0.0800. The van der Waals surface area contributed by atoms with Crippen molar-refractivity contribution in [3.05, 3.63) is 0 Å². The molecule has 0 heterocycles. The molecule has 1 aliphatic rings. The van der Waals surface area contributed by atoms with E-state index in [4.69, 9.17) is 5.73 Å². The second-order valence-electron chi connectivity index (χ2n) is 5.11. The lowest BCUT2D eigenvalue weighted by atomic mass is 9.70. The zero-order valence-electron chi connectivity index (χ0n) is 8.38. The van der Waals surface area contributed by atoms with Gasteiger partial charge in [-0.1, -0.05) is 20.8 Å². The van der Waals surface area contributed by atoms with Gasteiger partial charge in [0.25, 0.3) is 0 Å². The van der Waals surface area contributed by atoms with Crippen molar-refractivity contribution in [2.45, 2.75) is 52.2 Å². The topological polar surface area (TPSA) is 46.2 Å². The lowest BCUT2D eigenvalue weighted by molar-refractivity contribution is 0.0538. The Labute approximate surface area is 75.2 Å². The molecule has 0 amide bonds. The zero-order chi connectivity index (χ0) is 9.35. The number of aliphatic hydroxyl groups is 1. The molecule has 0 aromatic rings. The van der Waals surface area contributed by atoms with Crippen LogP contribution in [0.5, 0.6) is 0 Å². The Balaban J connectivity index is 2.51. The van der Waals surface area contributed by atoms with E-state index in [-0.39, 0.29) is 12.1 Å². The quantitative estimate of drug-likeness (QED) is 0.580. The van der Waals surface area contributed by atoms with Crippen molar-refractivity contribution in [3.8, 4) is 0 Å². The maximum atomic E-state index is 9.44. The summed E-state index contributed by atoms with van der Waals surface area (Å²) in [4.78, 5) is 0. The van der Waals surface area contributed by atoms with E-state index in [1.54, 1.807) is 0 Å². The molecule has 0 unspecified atom stereocenters. The number of hydrogen-bond acceptors (Lipinski definition) is 2. The summed E-state index contributed by atoms with van der Waals surface area (Å²) in [6.07, 6.45) is 2.72. The molecular formula is C10H21NO. The lowest BCUT2D eigenvalue weighted by Crippen LogP contribution is -2.43. The van der Waals surface area contributed by atoms with Gasteiger partial charge in [-0.3, -0.25) is 0 Å². The lowest BCUT2D eigenvalue weighted by Gasteiger charge is -2.38. The molecule has 0 aromatic heterocycles. The van der Waals surface area contributed by atoms with Crippen LogP contribution in [-0.4, -0.2) is 17.3 Å². The Kier molecular flexibility index (Phi) is 2.79. The Bertz CT molecular complexity index is 150. The van der Waals surface area contributed by atoms with Gasteiger partial charge in [-0.25, -0.2) is 0 Å². The third kappa shape index (κ3) is 2.20. The smallest absolute Gasteiger partial charge is 0.0691 e. The van der Waals surface area contributed by atoms with E-state index in [1.807, 2.05) is 0 Å². The van der Waals surface area contributed by atoms with Gasteiger partial charge in [0.15, 0.2) is 0 Å². The van der Waals surface area contributed by atoms with E-state index < -0.39 is 0 Å². The van der Waals surface area contributed by atoms with Gasteiger partial charge in [0.1, 0.15) is 0 Å². The molecule has 3 atom stereocenters. The minimum Gasteiger partial charge on any atom is -0.392 e. The Morgan fingerprint density at radius 1 is 1.25 bits per heavy atom. The predicted octanol–water partition coefficient (Wildman–Crippen LogP) is 1.52. The van der Waals surface area contributed by atoms with Crippen LogP contribution in [0.25, 0.3) is 0 Å². The molecule has 1 fully saturated rings. The summed E-state index contributed by atoms with van der Waals surface area (Å²) in [7, 11) is 0. The van der Waals surface area contributed by atoms with Crippen LogP contribution in [0.3, 0.4) is 0 Å². The number of nitrogens with two attached hydrogens (primary N) is 1. The van der Waals surface area contributed by atoms with Crippen molar-refractivity contribution in [1.82, 2.24) is 0 Å². The minimum atomic E-state index is -0.261. The number of hydrogen-bond donors (Lipinski definition) is 2. The first kappa shape index (κ1) is 10.0. The first-order chi connectivity index (χ1) is 5.41. The molecule has 2 nitrogen and oxygen atoms in total. The van der Waals surface area contributed by atoms with Gasteiger partial charge >= 0.3 is 0 Å². The first-order valence-corrected chi connectivity index (χ1v) is 4.85. The molecule has 0 spiro atoms. The highest BCUT2D eigenvalue weighted by Gasteiger charge is 2.33. The van der Waals surface area contributed by atoms with Crippen LogP contribution in [0.1, 0.15) is 40.0 Å². The van der Waals surface area contributed by atoms with E-state index in [9.17, 15) is 5.11 Å². The van der Waals surface area contributed by atoms with Gasteiger partial charge < -0.3 is 10.8 Å². The minimum absolute atomic E-state index is 0.00275. The van der Waals surface area contributed by atoms with E-state index >= 15 is 0 Å². The summed E-state index contributed by atoms with van der Waals surface area (Å²) in [5, 5.41) is 9.44. The molecule has 1 rings (SSSR count). The van der Waals surface area contributed by atoms with E-state index in [0.717, 1.165) is 19.3 Å². The van der Waals surface area contributed by atoms with Gasteiger partial charge in [0.2, 0.25) is 0 Å². The molecule has 0 aliphatic heterocycles. The molecule has 0 saturated heterocycles. The summed E-state index contributed by atoms with van der Waals surface area (Å²) >= 11 is 0. The van der Waals surface area contributed by atoms with Crippen LogP contribution in [-0.2, 0) is 0 Å². The van der Waals surface area contributed by atoms with Gasteiger partial charge in [0.05, 0.1) is 6.10 Å². The summed E-state index contributed by atoms with van der Waals surface area (Å²) in [6, 6.07) is 0.00275. The highest BCUT2D eigenvalue weighted by molar-refractivity contribution is 4.87. The van der Waals surface area contributed by atoms with Gasteiger partial charge in [-0.05, 0) is 30.6 Å². The van der Waals surface area contributed by atoms with Gasteiger partial charge in [-0.15, -0.1) is 0 Å². The molecule has 2 heteroatoms. The van der Waals surface area contributed by atoms with Crippen molar-refractivity contribution >= 4 is 0 Å². The second kappa shape index (κ2) is 3.35. The number of rotatable bonds is 0. The molecule has 1 saturated carbocycles. The Morgan fingerprint density at radius 3 is 2.25 bits per heavy atom. The zero-order valence-corrected chi connectivity index (χ0v) is 8.38. The Morgan fingerprint density at radius 2 is 1.83 bits per heavy atom. The summed E-state index contributed by atoms with van der Waals surface area (Å²) < 4.78 is 0. The van der Waals surface area contributed by atoms with Crippen LogP contribution >= 0.6 is 0 Å². The fourth-order valence-electron chi connectivity index (χ4n) is 1.98. The molecule has 3 N–H and O–H groups in total. The van der Waals surface area contributed by atoms with Crippen LogP contribution in [0, 0.1) is 11.3 Å². The van der Waals surface area contributed by atoms with Crippen molar-refractivity contribution in [2.75, 3.05) is 0 Å². The van der Waals surface area contributed by atoms with Crippen molar-refractivity contribution in [3.63, 3.8) is 0 Å². The summed E-state index contributed by atoms with van der Waals surface area (Å²) in [6.45, 7) is 6.76. The SMILES string of the molecule is CC(C)(C)[C@@H]1CC[C@@H](O)[C@@H](N)C1. The standard InChI is InChI=1S/C10H21NO/c1-10(2,3)7-4-5-9(12)8(11)6-7/h7-9,12H,4-6,11H2,1-3H3/t7-,8+,9-/m1/s1. The highest BCUT2D eigenvalue weighted by Crippen LogP contribution is 2.37. The van der Waals surface area contributed by atoms with E-state index in [0.29, 0.717) is 11.3 Å². The van der Waals surface area contributed by atoms with Crippen LogP contribution < -0.4 is 5.73 Å². The maximum absolute atomic E-state index is 9.44. The molecule has 72 valence electrons. The molecule has 1 aliphatic carbocycles. The average Bonchev–Trinajstić information content (AvgIpc) is 1.92. The van der Waals surface area contributed by atoms with Gasteiger partial charge in [-0.2, -0.15) is 0 Å². The maximum Gasteiger partial charge on any atom is 0.0691 e. The summed E-state index contributed by atoms with van der Waals surface area (Å²) in [5.41, 5.74) is 6.16. The van der Waals surface area contributed by atoms with Crippen molar-refractivity contribution in [1.29, 1.82) is 0 Å². The largest absolute Gasteiger partial charge is 0.392 e. The summed E-state index contributed by atoms with van der Waals surface area (Å²) in [5.74, 6) is 0.677. The average molecular weight is 171 g/mol. The molecular weight excluding hydrogens is 150 g/mol. The first-order valence-electron chi connectivity index (χ1n) is 4.85.